The number of aliphatic carboxylic acids is 1. The van der Waals surface area contributed by atoms with Crippen molar-refractivity contribution in [3.05, 3.63) is 68.7 Å². The van der Waals surface area contributed by atoms with Gasteiger partial charge in [0.25, 0.3) is 0 Å². The van der Waals surface area contributed by atoms with Gasteiger partial charge in [0, 0.05) is 11.1 Å². The highest BCUT2D eigenvalue weighted by Gasteiger charge is 2.18. The third-order valence-electron chi connectivity index (χ3n) is 3.56. The lowest BCUT2D eigenvalue weighted by Gasteiger charge is -2.17. The van der Waals surface area contributed by atoms with Crippen LogP contribution in [0.25, 0.3) is 0 Å². The largest absolute Gasteiger partial charge is 0.481 e. The van der Waals surface area contributed by atoms with E-state index < -0.39 is 12.0 Å². The Balaban J connectivity index is 2.05. The van der Waals surface area contributed by atoms with Gasteiger partial charge in [-0.3, -0.25) is 9.59 Å². The minimum absolute atomic E-state index is 0.0239. The highest BCUT2D eigenvalue weighted by Crippen LogP contribution is 2.25. The first-order chi connectivity index (χ1) is 11.8. The molecule has 2 aromatic rings. The van der Waals surface area contributed by atoms with Gasteiger partial charge in [-0.2, -0.15) is 0 Å². The van der Waals surface area contributed by atoms with E-state index in [-0.39, 0.29) is 18.7 Å². The van der Waals surface area contributed by atoms with Gasteiger partial charge < -0.3 is 10.4 Å². The van der Waals surface area contributed by atoms with Crippen LogP contribution in [0.2, 0.25) is 15.1 Å². The molecule has 0 aromatic heterocycles. The van der Waals surface area contributed by atoms with Crippen LogP contribution in [0.4, 0.5) is 0 Å². The van der Waals surface area contributed by atoms with Crippen molar-refractivity contribution in [2.75, 3.05) is 0 Å². The molecule has 0 saturated carbocycles. The summed E-state index contributed by atoms with van der Waals surface area (Å²) in [7, 11) is 0. The number of halogens is 3. The van der Waals surface area contributed by atoms with Gasteiger partial charge in [-0.15, -0.1) is 0 Å². The minimum Gasteiger partial charge on any atom is -0.481 e. The van der Waals surface area contributed by atoms with Crippen molar-refractivity contribution in [3.8, 4) is 0 Å². The fourth-order valence-electron chi connectivity index (χ4n) is 2.43. The van der Waals surface area contributed by atoms with E-state index in [0.29, 0.717) is 27.1 Å². The Morgan fingerprint density at radius 1 is 1.04 bits per heavy atom. The lowest BCUT2D eigenvalue weighted by Crippen LogP contribution is -2.39. The van der Waals surface area contributed by atoms with Gasteiger partial charge in [0.05, 0.1) is 22.9 Å². The first-order valence-electron chi connectivity index (χ1n) is 7.53. The molecule has 0 spiro atoms. The maximum absolute atomic E-state index is 12.3. The zero-order chi connectivity index (χ0) is 18.4. The number of carboxylic acid groups (broad SMARTS) is 1. The van der Waals surface area contributed by atoms with Crippen molar-refractivity contribution < 1.29 is 14.7 Å². The molecule has 2 aromatic carbocycles. The minimum atomic E-state index is -0.986. The summed E-state index contributed by atoms with van der Waals surface area (Å²) in [6.45, 7) is 0. The molecule has 2 N–H and O–H groups in total. The van der Waals surface area contributed by atoms with E-state index in [1.165, 1.54) is 0 Å². The molecule has 1 atom stereocenters. The Bertz CT molecular complexity index is 763. The van der Waals surface area contributed by atoms with Crippen LogP contribution in [-0.4, -0.2) is 23.0 Å². The average Bonchev–Trinajstić information content (AvgIpc) is 2.53. The quantitative estimate of drug-likeness (QED) is 0.724. The van der Waals surface area contributed by atoms with E-state index in [1.54, 1.807) is 42.5 Å². The number of nitrogens with one attached hydrogen (secondary N) is 1. The third kappa shape index (κ3) is 6.24. The summed E-state index contributed by atoms with van der Waals surface area (Å²) in [5, 5.41) is 13.1. The summed E-state index contributed by atoms with van der Waals surface area (Å²) in [4.78, 5) is 23.4. The van der Waals surface area contributed by atoms with E-state index in [1.807, 2.05) is 0 Å². The fraction of sp³-hybridized carbons (Fsp3) is 0.222. The SMILES string of the molecule is O=C(O)C[C@H](Cc1ccc(Cl)cc1)NC(=O)Cc1cccc(Cl)c1Cl. The molecular weight excluding hydrogens is 385 g/mol. The predicted molar refractivity (Wildman–Crippen MR) is 99.5 cm³/mol. The molecule has 25 heavy (non-hydrogen) atoms. The molecular formula is C18H16Cl3NO3. The van der Waals surface area contributed by atoms with Crippen molar-refractivity contribution in [2.24, 2.45) is 0 Å². The van der Waals surface area contributed by atoms with Crippen molar-refractivity contribution in [1.82, 2.24) is 5.32 Å². The Labute approximate surface area is 160 Å². The number of carboxylic acids is 1. The standard InChI is InChI=1S/C18H16Cl3NO3/c19-13-6-4-11(5-7-13)8-14(10-17(24)25)22-16(23)9-12-2-1-3-15(20)18(12)21/h1-7,14H,8-10H2,(H,22,23)(H,24,25)/t14-/m0/s1. The number of hydrogen-bond acceptors (Lipinski definition) is 2. The fourth-order valence-corrected chi connectivity index (χ4v) is 2.94. The molecule has 0 heterocycles. The Morgan fingerprint density at radius 3 is 2.36 bits per heavy atom. The molecule has 1 amide bonds. The molecule has 0 aliphatic carbocycles. The van der Waals surface area contributed by atoms with Crippen LogP contribution in [0.3, 0.4) is 0 Å². The zero-order valence-corrected chi connectivity index (χ0v) is 15.4. The number of carbonyl (C=O) groups is 2. The first kappa shape index (κ1) is 19.6. The van der Waals surface area contributed by atoms with Crippen molar-refractivity contribution in [1.29, 1.82) is 0 Å². The maximum Gasteiger partial charge on any atom is 0.305 e. The van der Waals surface area contributed by atoms with E-state index in [4.69, 9.17) is 39.9 Å². The van der Waals surface area contributed by atoms with Gasteiger partial charge in [0.1, 0.15) is 0 Å². The van der Waals surface area contributed by atoms with Crippen LogP contribution >= 0.6 is 34.8 Å². The van der Waals surface area contributed by atoms with Gasteiger partial charge in [0.2, 0.25) is 5.91 Å². The first-order valence-corrected chi connectivity index (χ1v) is 8.67. The molecule has 7 heteroatoms. The summed E-state index contributed by atoms with van der Waals surface area (Å²) in [5.41, 5.74) is 1.48. The van der Waals surface area contributed by atoms with E-state index >= 15 is 0 Å². The molecule has 0 aliphatic rings. The summed E-state index contributed by atoms with van der Waals surface area (Å²) < 4.78 is 0. The summed E-state index contributed by atoms with van der Waals surface area (Å²) in [5.74, 6) is -1.30. The molecule has 0 fully saturated rings. The summed E-state index contributed by atoms with van der Waals surface area (Å²) in [6.07, 6.45) is 0.228. The maximum atomic E-state index is 12.3. The van der Waals surface area contributed by atoms with Gasteiger partial charge >= 0.3 is 5.97 Å². The van der Waals surface area contributed by atoms with Crippen molar-refractivity contribution in [2.45, 2.75) is 25.3 Å². The third-order valence-corrected chi connectivity index (χ3v) is 4.67. The second-order valence-electron chi connectivity index (χ2n) is 5.58. The molecule has 0 unspecified atom stereocenters. The summed E-state index contributed by atoms with van der Waals surface area (Å²) >= 11 is 17.9. The molecule has 0 bridgehead atoms. The van der Waals surface area contributed by atoms with Crippen LogP contribution in [0.15, 0.2) is 42.5 Å². The Kier molecular flexibility index (Phi) is 7.12. The zero-order valence-electron chi connectivity index (χ0n) is 13.1. The number of benzene rings is 2. The highest BCUT2D eigenvalue weighted by atomic mass is 35.5. The van der Waals surface area contributed by atoms with Crippen LogP contribution in [-0.2, 0) is 22.4 Å². The van der Waals surface area contributed by atoms with Gasteiger partial charge in [-0.25, -0.2) is 0 Å². The van der Waals surface area contributed by atoms with Gasteiger partial charge in [0.15, 0.2) is 0 Å². The topological polar surface area (TPSA) is 66.4 Å². The second kappa shape index (κ2) is 9.09. The lowest BCUT2D eigenvalue weighted by atomic mass is 10.0. The van der Waals surface area contributed by atoms with E-state index in [2.05, 4.69) is 5.32 Å². The summed E-state index contributed by atoms with van der Waals surface area (Å²) in [6, 6.07) is 11.6. The smallest absolute Gasteiger partial charge is 0.305 e. The lowest BCUT2D eigenvalue weighted by molar-refractivity contribution is -0.137. The number of hydrogen-bond donors (Lipinski definition) is 2. The van der Waals surface area contributed by atoms with Crippen LogP contribution in [0.5, 0.6) is 0 Å². The molecule has 2 rings (SSSR count). The molecule has 0 radical (unpaired) electrons. The number of carbonyl (C=O) groups excluding carboxylic acids is 1. The molecule has 4 nitrogen and oxygen atoms in total. The van der Waals surface area contributed by atoms with Crippen LogP contribution in [0, 0.1) is 0 Å². The molecule has 132 valence electrons. The molecule has 0 aliphatic heterocycles. The predicted octanol–water partition coefficient (Wildman–Crippen LogP) is 4.39. The number of rotatable bonds is 7. The van der Waals surface area contributed by atoms with Crippen LogP contribution in [0.1, 0.15) is 17.5 Å². The van der Waals surface area contributed by atoms with E-state index in [9.17, 15) is 9.59 Å². The van der Waals surface area contributed by atoms with Gasteiger partial charge in [-0.05, 0) is 35.7 Å². The Morgan fingerprint density at radius 2 is 1.72 bits per heavy atom. The number of amides is 1. The van der Waals surface area contributed by atoms with Crippen molar-refractivity contribution >= 4 is 46.7 Å². The second-order valence-corrected chi connectivity index (χ2v) is 6.80. The highest BCUT2D eigenvalue weighted by molar-refractivity contribution is 6.42. The van der Waals surface area contributed by atoms with Crippen molar-refractivity contribution in [3.63, 3.8) is 0 Å². The van der Waals surface area contributed by atoms with Crippen LogP contribution < -0.4 is 5.32 Å². The molecule has 0 saturated heterocycles. The average molecular weight is 401 g/mol. The monoisotopic (exact) mass is 399 g/mol. The van der Waals surface area contributed by atoms with E-state index in [0.717, 1.165) is 5.56 Å². The van der Waals surface area contributed by atoms with Gasteiger partial charge in [-0.1, -0.05) is 59.1 Å². The Hall–Kier alpha value is -1.75. The normalized spacial score (nSPS) is 11.8.